The van der Waals surface area contributed by atoms with Gasteiger partial charge in [-0.25, -0.2) is 15.0 Å². The van der Waals surface area contributed by atoms with Crippen LogP contribution >= 0.6 is 0 Å². The van der Waals surface area contributed by atoms with E-state index in [-0.39, 0.29) is 17.9 Å². The molecular weight excluding hydrogens is 292 g/mol. The molecule has 1 N–H and O–H groups in total. The average molecular weight is 316 g/mol. The van der Waals surface area contributed by atoms with Crippen LogP contribution in [0.25, 0.3) is 11.5 Å². The Hall–Kier alpha value is -1.79. The van der Waals surface area contributed by atoms with Crippen LogP contribution in [0.15, 0.2) is 24.7 Å². The molecule has 0 radical (unpaired) electrons. The van der Waals surface area contributed by atoms with Gasteiger partial charge < -0.3 is 14.4 Å². The zero-order valence-electron chi connectivity index (χ0n) is 13.8. The summed E-state index contributed by atoms with van der Waals surface area (Å²) in [7, 11) is 0. The monoisotopic (exact) mass is 316 g/mol. The van der Waals surface area contributed by atoms with Gasteiger partial charge >= 0.3 is 0 Å². The number of imidazole rings is 1. The second-order valence-electron chi connectivity index (χ2n) is 6.60. The van der Waals surface area contributed by atoms with Crippen molar-refractivity contribution in [3.63, 3.8) is 0 Å². The minimum absolute atomic E-state index is 0.137. The van der Waals surface area contributed by atoms with Gasteiger partial charge in [0.15, 0.2) is 5.82 Å². The predicted molar refractivity (Wildman–Crippen MR) is 86.9 cm³/mol. The van der Waals surface area contributed by atoms with Gasteiger partial charge in [-0.2, -0.15) is 0 Å². The van der Waals surface area contributed by atoms with Crippen molar-refractivity contribution in [1.82, 2.24) is 19.5 Å². The molecule has 1 fully saturated rings. The summed E-state index contributed by atoms with van der Waals surface area (Å²) in [5, 5.41) is 9.90. The first-order valence-corrected chi connectivity index (χ1v) is 8.17. The van der Waals surface area contributed by atoms with Crippen LogP contribution in [0.1, 0.15) is 38.4 Å². The number of hydrogen-bond donors (Lipinski definition) is 1. The molecule has 0 saturated carbocycles. The fourth-order valence-electron chi connectivity index (χ4n) is 2.98. The van der Waals surface area contributed by atoms with Gasteiger partial charge in [0.1, 0.15) is 11.5 Å². The molecule has 1 aliphatic heterocycles. The van der Waals surface area contributed by atoms with Crippen LogP contribution in [0.2, 0.25) is 0 Å². The summed E-state index contributed by atoms with van der Waals surface area (Å²) in [5.41, 5.74) is 0.690. The lowest BCUT2D eigenvalue weighted by molar-refractivity contribution is -0.0250. The molecule has 0 aliphatic carbocycles. The van der Waals surface area contributed by atoms with Gasteiger partial charge in [0.05, 0.1) is 6.61 Å². The van der Waals surface area contributed by atoms with E-state index in [1.807, 2.05) is 12.3 Å². The van der Waals surface area contributed by atoms with Crippen molar-refractivity contribution in [1.29, 1.82) is 0 Å². The molecule has 1 aliphatic rings. The SMILES string of the molecule is CC(C)c1nccc(-c2nccn2CC2(CO)CCOCC2)n1. The Balaban J connectivity index is 1.89. The number of hydrogen-bond acceptors (Lipinski definition) is 5. The number of nitrogens with zero attached hydrogens (tertiary/aromatic N) is 4. The molecule has 2 aromatic heterocycles. The second-order valence-corrected chi connectivity index (χ2v) is 6.60. The molecule has 0 bridgehead atoms. The summed E-state index contributed by atoms with van der Waals surface area (Å²) in [6, 6.07) is 1.89. The highest BCUT2D eigenvalue weighted by Gasteiger charge is 2.33. The molecule has 6 heteroatoms. The third-order valence-corrected chi connectivity index (χ3v) is 4.53. The van der Waals surface area contributed by atoms with Gasteiger partial charge in [0, 0.05) is 49.7 Å². The van der Waals surface area contributed by atoms with Gasteiger partial charge in [-0.3, -0.25) is 0 Å². The standard InChI is InChI=1S/C17H24N4O2/c1-13(2)15-18-6-3-14(20-15)16-19-7-8-21(16)11-17(12-22)4-9-23-10-5-17/h3,6-8,13,22H,4-5,9-12H2,1-2H3. The van der Waals surface area contributed by atoms with Gasteiger partial charge in [-0.15, -0.1) is 0 Å². The summed E-state index contributed by atoms with van der Waals surface area (Å²) in [4.78, 5) is 13.4. The fourth-order valence-corrected chi connectivity index (χ4v) is 2.98. The third kappa shape index (κ3) is 3.43. The van der Waals surface area contributed by atoms with Gasteiger partial charge in [0.25, 0.3) is 0 Å². The minimum atomic E-state index is -0.137. The number of rotatable bonds is 5. The molecule has 0 unspecified atom stereocenters. The number of aliphatic hydroxyl groups is 1. The minimum Gasteiger partial charge on any atom is -0.396 e. The summed E-state index contributed by atoms with van der Waals surface area (Å²) < 4.78 is 7.54. The highest BCUT2D eigenvalue weighted by Crippen LogP contribution is 2.33. The number of aliphatic hydroxyl groups excluding tert-OH is 1. The molecule has 124 valence electrons. The van der Waals surface area contributed by atoms with Crippen LogP contribution in [0.5, 0.6) is 0 Å². The van der Waals surface area contributed by atoms with E-state index in [1.165, 1.54) is 0 Å². The van der Waals surface area contributed by atoms with Crippen LogP contribution in [0.3, 0.4) is 0 Å². The Kier molecular flexibility index (Phi) is 4.73. The van der Waals surface area contributed by atoms with E-state index < -0.39 is 0 Å². The van der Waals surface area contributed by atoms with E-state index in [4.69, 9.17) is 4.74 Å². The summed E-state index contributed by atoms with van der Waals surface area (Å²) in [6.45, 7) is 6.45. The smallest absolute Gasteiger partial charge is 0.158 e. The molecule has 0 amide bonds. The van der Waals surface area contributed by atoms with Crippen LogP contribution in [-0.2, 0) is 11.3 Å². The van der Waals surface area contributed by atoms with Crippen molar-refractivity contribution >= 4 is 0 Å². The maximum atomic E-state index is 9.90. The second kappa shape index (κ2) is 6.76. The Morgan fingerprint density at radius 3 is 2.74 bits per heavy atom. The van der Waals surface area contributed by atoms with Crippen molar-refractivity contribution in [2.75, 3.05) is 19.8 Å². The normalized spacial score (nSPS) is 17.6. The molecule has 3 heterocycles. The molecule has 3 rings (SSSR count). The van der Waals surface area contributed by atoms with Gasteiger partial charge in [0.2, 0.25) is 0 Å². The first-order chi connectivity index (χ1) is 11.1. The maximum absolute atomic E-state index is 9.90. The lowest BCUT2D eigenvalue weighted by Gasteiger charge is -2.36. The van der Waals surface area contributed by atoms with E-state index in [9.17, 15) is 5.11 Å². The van der Waals surface area contributed by atoms with Crippen molar-refractivity contribution in [2.24, 2.45) is 5.41 Å². The summed E-state index contributed by atoms with van der Waals surface area (Å²) in [6.07, 6.45) is 7.26. The Morgan fingerprint density at radius 2 is 2.04 bits per heavy atom. The van der Waals surface area contributed by atoms with Crippen LogP contribution in [-0.4, -0.2) is 44.4 Å². The summed E-state index contributed by atoms with van der Waals surface area (Å²) in [5.74, 6) is 1.92. The highest BCUT2D eigenvalue weighted by atomic mass is 16.5. The topological polar surface area (TPSA) is 73.1 Å². The first-order valence-electron chi connectivity index (χ1n) is 8.17. The third-order valence-electron chi connectivity index (χ3n) is 4.53. The Morgan fingerprint density at radius 1 is 1.26 bits per heavy atom. The molecule has 0 spiro atoms. The molecule has 23 heavy (non-hydrogen) atoms. The zero-order valence-corrected chi connectivity index (χ0v) is 13.8. The predicted octanol–water partition coefficient (Wildman–Crippen LogP) is 2.25. The van der Waals surface area contributed by atoms with Crippen LogP contribution in [0, 0.1) is 5.41 Å². The quantitative estimate of drug-likeness (QED) is 0.916. The Labute approximate surface area is 136 Å². The lowest BCUT2D eigenvalue weighted by Crippen LogP contribution is -2.37. The van der Waals surface area contributed by atoms with E-state index in [0.717, 1.165) is 36.7 Å². The van der Waals surface area contributed by atoms with Crippen molar-refractivity contribution in [2.45, 2.75) is 39.2 Å². The van der Waals surface area contributed by atoms with E-state index >= 15 is 0 Å². The zero-order chi connectivity index (χ0) is 16.3. The number of aromatic nitrogens is 4. The molecule has 0 aromatic carbocycles. The molecule has 2 aromatic rings. The molecule has 6 nitrogen and oxygen atoms in total. The van der Waals surface area contributed by atoms with E-state index in [1.54, 1.807) is 12.4 Å². The maximum Gasteiger partial charge on any atom is 0.158 e. The highest BCUT2D eigenvalue weighted by molar-refractivity contribution is 5.49. The van der Waals surface area contributed by atoms with Crippen molar-refractivity contribution < 1.29 is 9.84 Å². The Bertz CT molecular complexity index is 648. The summed E-state index contributed by atoms with van der Waals surface area (Å²) >= 11 is 0. The van der Waals surface area contributed by atoms with Gasteiger partial charge in [-0.1, -0.05) is 13.8 Å². The van der Waals surface area contributed by atoms with Crippen molar-refractivity contribution in [3.05, 3.63) is 30.5 Å². The average Bonchev–Trinajstić information content (AvgIpc) is 3.03. The van der Waals surface area contributed by atoms with Crippen LogP contribution in [0.4, 0.5) is 0 Å². The first kappa shape index (κ1) is 16.1. The number of ether oxygens (including phenoxy) is 1. The molecule has 1 saturated heterocycles. The lowest BCUT2D eigenvalue weighted by atomic mass is 9.81. The molecule has 0 atom stereocenters. The largest absolute Gasteiger partial charge is 0.396 e. The van der Waals surface area contributed by atoms with Gasteiger partial charge in [-0.05, 0) is 18.9 Å². The molecular formula is C17H24N4O2. The fraction of sp³-hybridized carbons (Fsp3) is 0.588. The van der Waals surface area contributed by atoms with Crippen LogP contribution < -0.4 is 0 Å². The van der Waals surface area contributed by atoms with Crippen molar-refractivity contribution in [3.8, 4) is 11.5 Å². The van der Waals surface area contributed by atoms with E-state index in [2.05, 4.69) is 33.4 Å². The van der Waals surface area contributed by atoms with E-state index in [0.29, 0.717) is 13.2 Å².